The summed E-state index contributed by atoms with van der Waals surface area (Å²) in [6.45, 7) is 4.22. The summed E-state index contributed by atoms with van der Waals surface area (Å²) in [5.41, 5.74) is 0.220. The van der Waals surface area contributed by atoms with Gasteiger partial charge in [0.15, 0.2) is 5.69 Å². The van der Waals surface area contributed by atoms with Crippen LogP contribution in [0.3, 0.4) is 0 Å². The molecule has 0 aromatic carbocycles. The second kappa shape index (κ2) is 6.44. The van der Waals surface area contributed by atoms with Gasteiger partial charge in [-0.2, -0.15) is 0 Å². The van der Waals surface area contributed by atoms with E-state index >= 15 is 0 Å². The first-order valence-corrected chi connectivity index (χ1v) is 6.23. The van der Waals surface area contributed by atoms with Crippen LogP contribution < -0.4 is 4.90 Å². The smallest absolute Gasteiger partial charge is 0.358 e. The Kier molecular flexibility index (Phi) is 4.64. The predicted octanol–water partition coefficient (Wildman–Crippen LogP) is -0.622. The van der Waals surface area contributed by atoms with Crippen molar-refractivity contribution in [2.75, 3.05) is 51.3 Å². The van der Waals surface area contributed by atoms with E-state index in [4.69, 9.17) is 5.11 Å². The Morgan fingerprint density at radius 2 is 2.11 bits per heavy atom. The molecule has 1 N–H and O–H groups in total. The first-order chi connectivity index (χ1) is 9.24. The zero-order chi connectivity index (χ0) is 13.7. The molecule has 0 amide bonds. The number of nitrogens with zero attached hydrogens (tertiary/aromatic N) is 4. The predicted molar refractivity (Wildman–Crippen MR) is 69.1 cm³/mol. The van der Waals surface area contributed by atoms with E-state index in [1.807, 2.05) is 0 Å². The standard InChI is InChI=1S/C12H18N4O3/c1-19-12(18)10-8-13-9-11(14-10)16-4-2-15(3-5-16)6-7-17/h8-9,17H,2-7H2,1H3. The molecule has 1 aliphatic heterocycles. The molecular formula is C12H18N4O3. The Morgan fingerprint density at radius 1 is 1.37 bits per heavy atom. The molecule has 0 spiro atoms. The SMILES string of the molecule is COC(=O)c1cncc(N2CCN(CCO)CC2)n1. The van der Waals surface area contributed by atoms with E-state index in [-0.39, 0.29) is 12.3 Å². The summed E-state index contributed by atoms with van der Waals surface area (Å²) < 4.78 is 4.63. The molecule has 1 aliphatic rings. The summed E-state index contributed by atoms with van der Waals surface area (Å²) in [5.74, 6) is 0.208. The van der Waals surface area contributed by atoms with E-state index in [0.717, 1.165) is 26.2 Å². The Labute approximate surface area is 111 Å². The number of hydrogen-bond donors (Lipinski definition) is 1. The maximum Gasteiger partial charge on any atom is 0.358 e. The molecule has 2 rings (SSSR count). The molecule has 1 aromatic rings. The number of ether oxygens (including phenoxy) is 1. The van der Waals surface area contributed by atoms with Gasteiger partial charge in [-0.3, -0.25) is 9.88 Å². The van der Waals surface area contributed by atoms with Gasteiger partial charge in [0.05, 0.1) is 26.1 Å². The third kappa shape index (κ3) is 3.39. The average Bonchev–Trinajstić information content (AvgIpc) is 2.48. The van der Waals surface area contributed by atoms with E-state index in [0.29, 0.717) is 12.4 Å². The van der Waals surface area contributed by atoms with Crippen molar-refractivity contribution in [3.05, 3.63) is 18.1 Å². The van der Waals surface area contributed by atoms with Crippen LogP contribution in [0.5, 0.6) is 0 Å². The lowest BCUT2D eigenvalue weighted by Crippen LogP contribution is -2.47. The molecule has 1 aromatic heterocycles. The molecule has 7 heteroatoms. The number of esters is 1. The molecule has 0 radical (unpaired) electrons. The summed E-state index contributed by atoms with van der Waals surface area (Å²) in [7, 11) is 1.32. The highest BCUT2D eigenvalue weighted by Gasteiger charge is 2.19. The number of piperazine rings is 1. The first-order valence-electron chi connectivity index (χ1n) is 6.23. The van der Waals surface area contributed by atoms with Crippen molar-refractivity contribution >= 4 is 11.8 Å². The van der Waals surface area contributed by atoms with Crippen LogP contribution in [-0.4, -0.2) is 72.4 Å². The normalized spacial score (nSPS) is 16.4. The van der Waals surface area contributed by atoms with Gasteiger partial charge < -0.3 is 14.7 Å². The maximum atomic E-state index is 11.4. The van der Waals surface area contributed by atoms with Crippen LogP contribution >= 0.6 is 0 Å². The van der Waals surface area contributed by atoms with Crippen molar-refractivity contribution in [2.45, 2.75) is 0 Å². The van der Waals surface area contributed by atoms with Gasteiger partial charge in [0.25, 0.3) is 0 Å². The van der Waals surface area contributed by atoms with Crippen LogP contribution in [0.2, 0.25) is 0 Å². The molecule has 0 unspecified atom stereocenters. The van der Waals surface area contributed by atoms with E-state index < -0.39 is 5.97 Å². The van der Waals surface area contributed by atoms with Crippen LogP contribution in [0, 0.1) is 0 Å². The Morgan fingerprint density at radius 3 is 2.74 bits per heavy atom. The van der Waals surface area contributed by atoms with Crippen molar-refractivity contribution in [1.82, 2.24) is 14.9 Å². The van der Waals surface area contributed by atoms with Gasteiger partial charge in [0.1, 0.15) is 5.82 Å². The fourth-order valence-corrected chi connectivity index (χ4v) is 2.05. The summed E-state index contributed by atoms with van der Waals surface area (Å²) in [5, 5.41) is 8.90. The van der Waals surface area contributed by atoms with E-state index in [2.05, 4.69) is 24.5 Å². The topological polar surface area (TPSA) is 78.8 Å². The van der Waals surface area contributed by atoms with Gasteiger partial charge >= 0.3 is 5.97 Å². The minimum atomic E-state index is -0.478. The summed E-state index contributed by atoms with van der Waals surface area (Å²) in [6, 6.07) is 0. The number of hydrogen-bond acceptors (Lipinski definition) is 7. The summed E-state index contributed by atoms with van der Waals surface area (Å²) >= 11 is 0. The second-order valence-corrected chi connectivity index (χ2v) is 4.31. The fraction of sp³-hybridized carbons (Fsp3) is 0.583. The minimum Gasteiger partial charge on any atom is -0.464 e. The van der Waals surface area contributed by atoms with Gasteiger partial charge in [0, 0.05) is 32.7 Å². The number of rotatable bonds is 4. The lowest BCUT2D eigenvalue weighted by Gasteiger charge is -2.34. The molecule has 2 heterocycles. The molecule has 0 aliphatic carbocycles. The van der Waals surface area contributed by atoms with Crippen molar-refractivity contribution in [1.29, 1.82) is 0 Å². The van der Waals surface area contributed by atoms with Crippen LogP contribution in [0.25, 0.3) is 0 Å². The molecule has 19 heavy (non-hydrogen) atoms. The highest BCUT2D eigenvalue weighted by atomic mass is 16.5. The maximum absolute atomic E-state index is 11.4. The average molecular weight is 266 g/mol. The van der Waals surface area contributed by atoms with Crippen LogP contribution in [0.1, 0.15) is 10.5 Å². The van der Waals surface area contributed by atoms with Gasteiger partial charge in [0.2, 0.25) is 0 Å². The van der Waals surface area contributed by atoms with E-state index in [9.17, 15) is 4.79 Å². The number of anilines is 1. The highest BCUT2D eigenvalue weighted by Crippen LogP contribution is 2.13. The molecule has 0 bridgehead atoms. The van der Waals surface area contributed by atoms with Crippen molar-refractivity contribution in [3.8, 4) is 0 Å². The first kappa shape index (κ1) is 13.7. The minimum absolute atomic E-state index is 0.178. The number of aliphatic hydroxyl groups excluding tert-OH is 1. The second-order valence-electron chi connectivity index (χ2n) is 4.31. The quantitative estimate of drug-likeness (QED) is 0.727. The van der Waals surface area contributed by atoms with E-state index in [1.165, 1.54) is 13.3 Å². The number of aliphatic hydroxyl groups is 1. The third-order valence-corrected chi connectivity index (χ3v) is 3.13. The Balaban J connectivity index is 2.01. The van der Waals surface area contributed by atoms with Gasteiger partial charge in [-0.25, -0.2) is 9.78 Å². The monoisotopic (exact) mass is 266 g/mol. The molecule has 1 saturated heterocycles. The summed E-state index contributed by atoms with van der Waals surface area (Å²) in [4.78, 5) is 24.0. The Bertz CT molecular complexity index is 433. The molecule has 0 atom stereocenters. The van der Waals surface area contributed by atoms with Crippen LogP contribution in [0.4, 0.5) is 5.82 Å². The van der Waals surface area contributed by atoms with E-state index in [1.54, 1.807) is 6.20 Å². The number of aromatic nitrogens is 2. The lowest BCUT2D eigenvalue weighted by atomic mass is 10.3. The van der Waals surface area contributed by atoms with Crippen molar-refractivity contribution in [3.63, 3.8) is 0 Å². The Hall–Kier alpha value is -1.73. The zero-order valence-electron chi connectivity index (χ0n) is 10.9. The number of β-amino-alcohol motifs (C(OH)–C–C–N with tert-alkyl or cyclic N) is 1. The zero-order valence-corrected chi connectivity index (χ0v) is 10.9. The highest BCUT2D eigenvalue weighted by molar-refractivity contribution is 5.87. The van der Waals surface area contributed by atoms with Gasteiger partial charge in [-0.05, 0) is 0 Å². The number of carbonyl (C=O) groups is 1. The summed E-state index contributed by atoms with van der Waals surface area (Å²) in [6.07, 6.45) is 3.05. The molecule has 7 nitrogen and oxygen atoms in total. The lowest BCUT2D eigenvalue weighted by molar-refractivity contribution is 0.0593. The van der Waals surface area contributed by atoms with Gasteiger partial charge in [-0.1, -0.05) is 0 Å². The molecule has 0 saturated carbocycles. The van der Waals surface area contributed by atoms with Gasteiger partial charge in [-0.15, -0.1) is 0 Å². The molecule has 1 fully saturated rings. The third-order valence-electron chi connectivity index (χ3n) is 3.13. The van der Waals surface area contributed by atoms with Crippen LogP contribution in [0.15, 0.2) is 12.4 Å². The van der Waals surface area contributed by atoms with Crippen molar-refractivity contribution < 1.29 is 14.6 Å². The van der Waals surface area contributed by atoms with Crippen molar-refractivity contribution in [2.24, 2.45) is 0 Å². The number of carbonyl (C=O) groups excluding carboxylic acids is 1. The molecule has 104 valence electrons. The number of methoxy groups -OCH3 is 1. The molecular weight excluding hydrogens is 248 g/mol. The fourth-order valence-electron chi connectivity index (χ4n) is 2.05. The largest absolute Gasteiger partial charge is 0.464 e. The van der Waals surface area contributed by atoms with Crippen LogP contribution in [-0.2, 0) is 4.74 Å².